The van der Waals surface area contributed by atoms with Crippen LogP contribution in [0.5, 0.6) is 5.75 Å². The van der Waals surface area contributed by atoms with Gasteiger partial charge in [0.1, 0.15) is 11.4 Å². The Morgan fingerprint density at radius 2 is 2.04 bits per heavy atom. The zero-order valence-corrected chi connectivity index (χ0v) is 14.6. The van der Waals surface area contributed by atoms with E-state index in [1.807, 2.05) is 29.2 Å². The molecule has 0 saturated carbocycles. The van der Waals surface area contributed by atoms with Crippen LogP contribution in [-0.2, 0) is 0 Å². The standard InChI is InChI=1S/C18H23N5O2/c1-3-22-9-11-23(12-10-22)17(24)16-7-8-19-18(21-16)20-14-5-4-6-15(13-14)25-2/h4-8,13H,3,9-12H2,1-2H3,(H,19,20,21). The fourth-order valence-electron chi connectivity index (χ4n) is 2.80. The van der Waals surface area contributed by atoms with Crippen molar-refractivity contribution in [2.75, 3.05) is 45.2 Å². The lowest BCUT2D eigenvalue weighted by molar-refractivity contribution is 0.0637. The van der Waals surface area contributed by atoms with Crippen molar-refractivity contribution in [3.8, 4) is 5.75 Å². The fraction of sp³-hybridized carbons (Fsp3) is 0.389. The molecule has 0 spiro atoms. The minimum atomic E-state index is -0.0492. The van der Waals surface area contributed by atoms with Gasteiger partial charge in [0.25, 0.3) is 5.91 Å². The van der Waals surface area contributed by atoms with Crippen molar-refractivity contribution in [1.29, 1.82) is 0 Å². The third kappa shape index (κ3) is 4.24. The van der Waals surface area contributed by atoms with Crippen molar-refractivity contribution < 1.29 is 9.53 Å². The van der Waals surface area contributed by atoms with Gasteiger partial charge in [0.05, 0.1) is 7.11 Å². The molecule has 1 aliphatic heterocycles. The van der Waals surface area contributed by atoms with Crippen LogP contribution in [0.2, 0.25) is 0 Å². The Morgan fingerprint density at radius 3 is 2.76 bits per heavy atom. The summed E-state index contributed by atoms with van der Waals surface area (Å²) in [4.78, 5) is 25.4. The summed E-state index contributed by atoms with van der Waals surface area (Å²) in [6.07, 6.45) is 1.60. The molecule has 1 aromatic heterocycles. The first-order valence-electron chi connectivity index (χ1n) is 8.45. The molecule has 1 aliphatic rings. The lowest BCUT2D eigenvalue weighted by atomic mass is 10.2. The van der Waals surface area contributed by atoms with Crippen LogP contribution in [0, 0.1) is 0 Å². The zero-order valence-electron chi connectivity index (χ0n) is 14.6. The SMILES string of the molecule is CCN1CCN(C(=O)c2ccnc(Nc3cccc(OC)c3)n2)CC1. The second-order valence-electron chi connectivity index (χ2n) is 5.85. The summed E-state index contributed by atoms with van der Waals surface area (Å²) in [5.74, 6) is 1.09. The topological polar surface area (TPSA) is 70.6 Å². The number of amides is 1. The molecule has 7 nitrogen and oxygen atoms in total. The second kappa shape index (κ2) is 7.94. The third-order valence-corrected chi connectivity index (χ3v) is 4.31. The first-order valence-corrected chi connectivity index (χ1v) is 8.45. The van der Waals surface area contributed by atoms with Gasteiger partial charge >= 0.3 is 0 Å². The highest BCUT2D eigenvalue weighted by Crippen LogP contribution is 2.19. The molecule has 0 radical (unpaired) electrons. The molecule has 1 aromatic carbocycles. The molecular weight excluding hydrogens is 318 g/mol. The van der Waals surface area contributed by atoms with E-state index in [1.165, 1.54) is 0 Å². The number of carbonyl (C=O) groups is 1. The van der Waals surface area contributed by atoms with Gasteiger partial charge < -0.3 is 19.9 Å². The molecule has 3 rings (SSSR count). The number of hydrogen-bond acceptors (Lipinski definition) is 6. The number of rotatable bonds is 5. The van der Waals surface area contributed by atoms with Gasteiger partial charge in [-0.25, -0.2) is 9.97 Å². The third-order valence-electron chi connectivity index (χ3n) is 4.31. The van der Waals surface area contributed by atoms with Gasteiger partial charge in [0, 0.05) is 44.1 Å². The van der Waals surface area contributed by atoms with Crippen LogP contribution >= 0.6 is 0 Å². The van der Waals surface area contributed by atoms with E-state index in [0.717, 1.165) is 44.2 Å². The van der Waals surface area contributed by atoms with Crippen molar-refractivity contribution in [3.05, 3.63) is 42.2 Å². The molecule has 1 amide bonds. The van der Waals surface area contributed by atoms with Crippen LogP contribution in [0.15, 0.2) is 36.5 Å². The van der Waals surface area contributed by atoms with E-state index < -0.39 is 0 Å². The van der Waals surface area contributed by atoms with Crippen molar-refractivity contribution in [2.24, 2.45) is 0 Å². The van der Waals surface area contributed by atoms with Gasteiger partial charge in [0.2, 0.25) is 5.95 Å². The predicted molar refractivity (Wildman–Crippen MR) is 96.3 cm³/mol. The van der Waals surface area contributed by atoms with Gasteiger partial charge in [0.15, 0.2) is 0 Å². The molecule has 1 N–H and O–H groups in total. The van der Waals surface area contributed by atoms with Crippen LogP contribution in [0.1, 0.15) is 17.4 Å². The Bertz CT molecular complexity index is 729. The number of carbonyl (C=O) groups excluding carboxylic acids is 1. The number of nitrogens with one attached hydrogen (secondary N) is 1. The van der Waals surface area contributed by atoms with Gasteiger partial charge in [-0.15, -0.1) is 0 Å². The number of likely N-dealkylation sites (N-methyl/N-ethyl adjacent to an activating group) is 1. The Hall–Kier alpha value is -2.67. The van der Waals surface area contributed by atoms with Gasteiger partial charge in [-0.1, -0.05) is 13.0 Å². The van der Waals surface area contributed by atoms with Gasteiger partial charge in [-0.2, -0.15) is 0 Å². The number of ether oxygens (including phenoxy) is 1. The first kappa shape index (κ1) is 17.2. The largest absolute Gasteiger partial charge is 0.497 e. The summed E-state index contributed by atoms with van der Waals surface area (Å²) in [6.45, 7) is 6.43. The molecule has 0 unspecified atom stereocenters. The quantitative estimate of drug-likeness (QED) is 0.897. The summed E-state index contributed by atoms with van der Waals surface area (Å²) in [6, 6.07) is 9.14. The number of aromatic nitrogens is 2. The van der Waals surface area contributed by atoms with Crippen molar-refractivity contribution >= 4 is 17.5 Å². The number of nitrogens with zero attached hydrogens (tertiary/aromatic N) is 4. The highest BCUT2D eigenvalue weighted by atomic mass is 16.5. The molecule has 132 valence electrons. The average molecular weight is 341 g/mol. The van der Waals surface area contributed by atoms with Crippen molar-refractivity contribution in [1.82, 2.24) is 19.8 Å². The molecule has 2 heterocycles. The van der Waals surface area contributed by atoms with E-state index in [4.69, 9.17) is 4.74 Å². The molecule has 0 aliphatic carbocycles. The summed E-state index contributed by atoms with van der Waals surface area (Å²) in [7, 11) is 1.62. The zero-order chi connectivity index (χ0) is 17.6. The molecule has 0 bridgehead atoms. The summed E-state index contributed by atoms with van der Waals surface area (Å²) in [5, 5.41) is 3.11. The van der Waals surface area contributed by atoms with E-state index in [9.17, 15) is 4.79 Å². The van der Waals surface area contributed by atoms with Crippen molar-refractivity contribution in [2.45, 2.75) is 6.92 Å². The normalized spacial score (nSPS) is 15.0. The van der Waals surface area contributed by atoms with E-state index >= 15 is 0 Å². The van der Waals surface area contributed by atoms with Crippen LogP contribution < -0.4 is 10.1 Å². The number of methoxy groups -OCH3 is 1. The molecular formula is C18H23N5O2. The highest BCUT2D eigenvalue weighted by molar-refractivity contribution is 5.92. The van der Waals surface area contributed by atoms with Crippen LogP contribution in [-0.4, -0.2) is 65.5 Å². The summed E-state index contributed by atoms with van der Waals surface area (Å²) in [5.41, 5.74) is 1.21. The minimum absolute atomic E-state index is 0.0492. The van der Waals surface area contributed by atoms with Gasteiger partial charge in [-0.05, 0) is 24.7 Å². The monoisotopic (exact) mass is 341 g/mol. The number of anilines is 2. The lowest BCUT2D eigenvalue weighted by Gasteiger charge is -2.33. The van der Waals surface area contributed by atoms with Crippen LogP contribution in [0.25, 0.3) is 0 Å². The maximum atomic E-state index is 12.7. The number of benzene rings is 1. The Labute approximate surface area is 147 Å². The average Bonchev–Trinajstić information content (AvgIpc) is 2.68. The molecule has 2 aromatic rings. The second-order valence-corrected chi connectivity index (χ2v) is 5.85. The lowest BCUT2D eigenvalue weighted by Crippen LogP contribution is -2.48. The van der Waals surface area contributed by atoms with E-state index in [2.05, 4.69) is 27.1 Å². The molecule has 1 fully saturated rings. The summed E-state index contributed by atoms with van der Waals surface area (Å²) < 4.78 is 5.21. The Kier molecular flexibility index (Phi) is 5.45. The Morgan fingerprint density at radius 1 is 1.24 bits per heavy atom. The Balaban J connectivity index is 1.69. The van der Waals surface area contributed by atoms with Gasteiger partial charge in [-0.3, -0.25) is 4.79 Å². The number of hydrogen-bond donors (Lipinski definition) is 1. The fourth-order valence-corrected chi connectivity index (χ4v) is 2.80. The van der Waals surface area contributed by atoms with E-state index in [-0.39, 0.29) is 5.91 Å². The maximum Gasteiger partial charge on any atom is 0.272 e. The van der Waals surface area contributed by atoms with Crippen LogP contribution in [0.4, 0.5) is 11.6 Å². The molecule has 0 atom stereocenters. The summed E-state index contributed by atoms with van der Waals surface area (Å²) >= 11 is 0. The van der Waals surface area contributed by atoms with Crippen molar-refractivity contribution in [3.63, 3.8) is 0 Å². The van der Waals surface area contributed by atoms with E-state index in [0.29, 0.717) is 11.6 Å². The number of piperazine rings is 1. The molecule has 1 saturated heterocycles. The van der Waals surface area contributed by atoms with E-state index in [1.54, 1.807) is 19.4 Å². The minimum Gasteiger partial charge on any atom is -0.497 e. The first-order chi connectivity index (χ1) is 12.2. The molecule has 25 heavy (non-hydrogen) atoms. The maximum absolute atomic E-state index is 12.7. The predicted octanol–water partition coefficient (Wildman–Crippen LogP) is 2.01. The molecule has 7 heteroatoms. The smallest absolute Gasteiger partial charge is 0.272 e. The van der Waals surface area contributed by atoms with Crippen LogP contribution in [0.3, 0.4) is 0 Å². The highest BCUT2D eigenvalue weighted by Gasteiger charge is 2.22.